The largest absolute Gasteiger partial charge is 0.311 e. The second kappa shape index (κ2) is 4.21. The first-order chi connectivity index (χ1) is 6.17. The summed E-state index contributed by atoms with van der Waals surface area (Å²) < 4.78 is 0. The van der Waals surface area contributed by atoms with Crippen molar-refractivity contribution in [1.29, 1.82) is 0 Å². The molecule has 72 valence electrons. The third-order valence-corrected chi connectivity index (χ3v) is 2.28. The molecule has 3 heteroatoms. The molecule has 0 saturated carbocycles. The molecule has 0 fully saturated rings. The number of H-pyrrole nitrogens is 1. The molecule has 1 rings (SSSR count). The van der Waals surface area contributed by atoms with Crippen molar-refractivity contribution in [2.24, 2.45) is 0 Å². The summed E-state index contributed by atoms with van der Waals surface area (Å²) in [7, 11) is 0. The van der Waals surface area contributed by atoms with Crippen molar-refractivity contribution in [3.63, 3.8) is 0 Å². The molecule has 1 heterocycles. The zero-order chi connectivity index (χ0) is 9.84. The Kier molecular flexibility index (Phi) is 3.23. The van der Waals surface area contributed by atoms with Gasteiger partial charge in [0, 0.05) is 12.0 Å². The Bertz CT molecular complexity index is 326. The van der Waals surface area contributed by atoms with Crippen LogP contribution in [0.25, 0.3) is 0 Å². The highest BCUT2D eigenvalue weighted by Gasteiger charge is 2.09. The van der Waals surface area contributed by atoms with Crippen LogP contribution in [0, 0.1) is 6.92 Å². The van der Waals surface area contributed by atoms with E-state index >= 15 is 0 Å². The number of aryl methyl sites for hydroxylation is 1. The van der Waals surface area contributed by atoms with E-state index in [4.69, 9.17) is 0 Å². The van der Waals surface area contributed by atoms with Crippen LogP contribution < -0.4 is 5.56 Å². The van der Waals surface area contributed by atoms with Gasteiger partial charge in [0.1, 0.15) is 5.82 Å². The van der Waals surface area contributed by atoms with E-state index in [0.717, 1.165) is 18.5 Å². The lowest BCUT2D eigenvalue weighted by Gasteiger charge is -2.10. The second-order valence-electron chi connectivity index (χ2n) is 3.27. The lowest BCUT2D eigenvalue weighted by Crippen LogP contribution is -2.12. The maximum Gasteiger partial charge on any atom is 0.251 e. The van der Waals surface area contributed by atoms with Gasteiger partial charge in [0.15, 0.2) is 0 Å². The number of rotatable bonds is 3. The summed E-state index contributed by atoms with van der Waals surface area (Å²) in [6.07, 6.45) is 2.07. The molecular formula is C10H16N2O. The Morgan fingerprint density at radius 2 is 2.08 bits per heavy atom. The predicted octanol–water partition coefficient (Wildman–Crippen LogP) is 1.98. The molecule has 1 aromatic rings. The molecule has 0 atom stereocenters. The third kappa shape index (κ3) is 2.41. The summed E-state index contributed by atoms with van der Waals surface area (Å²) in [5, 5.41) is 0. The smallest absolute Gasteiger partial charge is 0.251 e. The van der Waals surface area contributed by atoms with Gasteiger partial charge in [0.25, 0.3) is 5.56 Å². The normalized spacial score (nSPS) is 10.8. The van der Waals surface area contributed by atoms with Gasteiger partial charge in [-0.2, -0.15) is 0 Å². The highest BCUT2D eigenvalue weighted by molar-refractivity contribution is 5.07. The minimum Gasteiger partial charge on any atom is -0.311 e. The van der Waals surface area contributed by atoms with E-state index < -0.39 is 0 Å². The Balaban J connectivity index is 3.06. The summed E-state index contributed by atoms with van der Waals surface area (Å²) in [6.45, 7) is 6.05. The summed E-state index contributed by atoms with van der Waals surface area (Å²) >= 11 is 0. The van der Waals surface area contributed by atoms with Gasteiger partial charge in [0.2, 0.25) is 0 Å². The molecule has 3 nitrogen and oxygen atoms in total. The monoisotopic (exact) mass is 180 g/mol. The number of aromatic nitrogens is 2. The van der Waals surface area contributed by atoms with Crippen LogP contribution in [0.4, 0.5) is 0 Å². The molecule has 0 bridgehead atoms. The third-order valence-electron chi connectivity index (χ3n) is 2.28. The quantitative estimate of drug-likeness (QED) is 0.773. The minimum atomic E-state index is -0.0469. The standard InChI is InChI=1S/C10H16N2O/c1-4-8(5-2)9-6-10(13)12-7(3)11-9/h6,8H,4-5H2,1-3H3,(H,11,12,13). The molecule has 0 amide bonds. The summed E-state index contributed by atoms with van der Waals surface area (Å²) in [6, 6.07) is 1.60. The zero-order valence-electron chi connectivity index (χ0n) is 8.42. The van der Waals surface area contributed by atoms with Crippen molar-refractivity contribution in [2.45, 2.75) is 39.5 Å². The maximum atomic E-state index is 11.2. The molecule has 0 aliphatic heterocycles. The van der Waals surface area contributed by atoms with E-state index in [1.165, 1.54) is 0 Å². The van der Waals surface area contributed by atoms with Crippen molar-refractivity contribution >= 4 is 0 Å². The van der Waals surface area contributed by atoms with E-state index in [0.29, 0.717) is 11.7 Å². The summed E-state index contributed by atoms with van der Waals surface area (Å²) in [4.78, 5) is 18.1. The SMILES string of the molecule is CCC(CC)c1cc(=O)[nH]c(C)n1. The van der Waals surface area contributed by atoms with Crippen LogP contribution in [-0.4, -0.2) is 9.97 Å². The average molecular weight is 180 g/mol. The Labute approximate surface area is 78.2 Å². The first kappa shape index (κ1) is 9.96. The molecule has 0 aliphatic rings. The van der Waals surface area contributed by atoms with Crippen LogP contribution >= 0.6 is 0 Å². The Morgan fingerprint density at radius 3 is 2.54 bits per heavy atom. The number of nitrogens with zero attached hydrogens (tertiary/aromatic N) is 1. The van der Waals surface area contributed by atoms with Crippen LogP contribution in [0.1, 0.15) is 44.1 Å². The van der Waals surface area contributed by atoms with Crippen LogP contribution in [-0.2, 0) is 0 Å². The predicted molar refractivity (Wildman–Crippen MR) is 52.9 cm³/mol. The molecule has 1 aromatic heterocycles. The average Bonchev–Trinajstić information content (AvgIpc) is 2.04. The molecule has 0 unspecified atom stereocenters. The lowest BCUT2D eigenvalue weighted by atomic mass is 9.99. The van der Waals surface area contributed by atoms with Crippen molar-refractivity contribution in [3.05, 3.63) is 27.9 Å². The van der Waals surface area contributed by atoms with Crippen LogP contribution in [0.5, 0.6) is 0 Å². The van der Waals surface area contributed by atoms with Crippen molar-refractivity contribution in [1.82, 2.24) is 9.97 Å². The Hall–Kier alpha value is -1.12. The van der Waals surface area contributed by atoms with Crippen molar-refractivity contribution in [2.75, 3.05) is 0 Å². The van der Waals surface area contributed by atoms with Gasteiger partial charge in [-0.3, -0.25) is 4.79 Å². The molecule has 0 saturated heterocycles. The van der Waals surface area contributed by atoms with Gasteiger partial charge in [0.05, 0.1) is 5.69 Å². The highest BCUT2D eigenvalue weighted by atomic mass is 16.1. The molecule has 0 aliphatic carbocycles. The minimum absolute atomic E-state index is 0.0469. The van der Waals surface area contributed by atoms with Gasteiger partial charge < -0.3 is 4.98 Å². The topological polar surface area (TPSA) is 45.8 Å². The molecule has 0 spiro atoms. The van der Waals surface area contributed by atoms with Gasteiger partial charge in [-0.15, -0.1) is 0 Å². The van der Waals surface area contributed by atoms with Gasteiger partial charge in [-0.25, -0.2) is 4.98 Å². The van der Waals surface area contributed by atoms with Crippen LogP contribution in [0.3, 0.4) is 0 Å². The first-order valence-electron chi connectivity index (χ1n) is 4.75. The maximum absolute atomic E-state index is 11.2. The fourth-order valence-corrected chi connectivity index (χ4v) is 1.52. The highest BCUT2D eigenvalue weighted by Crippen LogP contribution is 2.19. The summed E-state index contributed by atoms with van der Waals surface area (Å²) in [5.41, 5.74) is 0.876. The molecule has 0 radical (unpaired) electrons. The molecular weight excluding hydrogens is 164 g/mol. The second-order valence-corrected chi connectivity index (χ2v) is 3.27. The Morgan fingerprint density at radius 1 is 1.46 bits per heavy atom. The van der Waals surface area contributed by atoms with E-state index in [-0.39, 0.29) is 5.56 Å². The molecule has 0 aromatic carbocycles. The van der Waals surface area contributed by atoms with Gasteiger partial charge >= 0.3 is 0 Å². The van der Waals surface area contributed by atoms with Crippen LogP contribution in [0.15, 0.2) is 10.9 Å². The molecule has 1 N–H and O–H groups in total. The van der Waals surface area contributed by atoms with E-state index in [2.05, 4.69) is 23.8 Å². The van der Waals surface area contributed by atoms with Gasteiger partial charge in [-0.05, 0) is 19.8 Å². The zero-order valence-corrected chi connectivity index (χ0v) is 8.42. The van der Waals surface area contributed by atoms with E-state index in [1.807, 2.05) is 6.92 Å². The van der Waals surface area contributed by atoms with Crippen molar-refractivity contribution < 1.29 is 0 Å². The van der Waals surface area contributed by atoms with Crippen molar-refractivity contribution in [3.8, 4) is 0 Å². The fraction of sp³-hybridized carbons (Fsp3) is 0.600. The first-order valence-corrected chi connectivity index (χ1v) is 4.75. The number of nitrogens with one attached hydrogen (secondary N) is 1. The summed E-state index contributed by atoms with van der Waals surface area (Å²) in [5.74, 6) is 1.12. The number of hydrogen-bond acceptors (Lipinski definition) is 2. The lowest BCUT2D eigenvalue weighted by molar-refractivity contribution is 0.617. The van der Waals surface area contributed by atoms with Gasteiger partial charge in [-0.1, -0.05) is 13.8 Å². The van der Waals surface area contributed by atoms with E-state index in [1.54, 1.807) is 6.07 Å². The molecule has 13 heavy (non-hydrogen) atoms. The van der Waals surface area contributed by atoms with Crippen LogP contribution in [0.2, 0.25) is 0 Å². The van der Waals surface area contributed by atoms with E-state index in [9.17, 15) is 4.79 Å². The number of hydrogen-bond donors (Lipinski definition) is 1. The fourth-order valence-electron chi connectivity index (χ4n) is 1.52. The number of aromatic amines is 1.